The van der Waals surface area contributed by atoms with E-state index in [4.69, 9.17) is 5.73 Å². The summed E-state index contributed by atoms with van der Waals surface area (Å²) in [5.41, 5.74) is 5.16. The summed E-state index contributed by atoms with van der Waals surface area (Å²) < 4.78 is 0. The first-order valence-electron chi connectivity index (χ1n) is 6.72. The minimum atomic E-state index is -0.783. The maximum atomic E-state index is 11.9. The first-order chi connectivity index (χ1) is 7.97. The fourth-order valence-corrected chi connectivity index (χ4v) is 2.48. The van der Waals surface area contributed by atoms with Gasteiger partial charge in [0.05, 0.1) is 11.6 Å². The van der Waals surface area contributed by atoms with Gasteiger partial charge in [0.25, 0.3) is 0 Å². The Kier molecular flexibility index (Phi) is 7.83. The summed E-state index contributed by atoms with van der Waals surface area (Å²) in [6, 6.07) is 0. The van der Waals surface area contributed by atoms with Crippen molar-refractivity contribution in [2.75, 3.05) is 6.54 Å². The normalized spacial score (nSPS) is 26.9. The molecule has 108 valence electrons. The minimum Gasteiger partial charge on any atom is -0.393 e. The van der Waals surface area contributed by atoms with Gasteiger partial charge in [-0.25, -0.2) is 0 Å². The predicted octanol–water partition coefficient (Wildman–Crippen LogP) is 1.59. The lowest BCUT2D eigenvalue weighted by molar-refractivity contribution is -0.126. The number of halogens is 1. The van der Waals surface area contributed by atoms with Gasteiger partial charge in [0, 0.05) is 12.5 Å². The number of nitrogens with two attached hydrogens (primary N) is 1. The van der Waals surface area contributed by atoms with Gasteiger partial charge in [-0.05, 0) is 26.2 Å². The Morgan fingerprint density at radius 1 is 1.44 bits per heavy atom. The minimum absolute atomic E-state index is 0. The number of carbonyl (C=O) groups is 1. The van der Waals surface area contributed by atoms with Crippen molar-refractivity contribution in [3.05, 3.63) is 0 Å². The van der Waals surface area contributed by atoms with Gasteiger partial charge in [0.15, 0.2) is 0 Å². The summed E-state index contributed by atoms with van der Waals surface area (Å²) in [6.07, 6.45) is 5.41. The van der Waals surface area contributed by atoms with E-state index in [9.17, 15) is 9.90 Å². The Hall–Kier alpha value is -0.320. The molecule has 4 N–H and O–H groups in total. The highest BCUT2D eigenvalue weighted by Crippen LogP contribution is 2.23. The predicted molar refractivity (Wildman–Crippen MR) is 75.7 cm³/mol. The quantitative estimate of drug-likeness (QED) is 0.715. The SMILES string of the molecule is CCCC(C)(N)C(=O)NCC1CCCCC1O.Cl. The average molecular weight is 279 g/mol. The fourth-order valence-electron chi connectivity index (χ4n) is 2.48. The molecule has 4 nitrogen and oxygen atoms in total. The van der Waals surface area contributed by atoms with Crippen molar-refractivity contribution >= 4 is 18.3 Å². The number of aliphatic hydroxyl groups excluding tert-OH is 1. The number of nitrogens with one attached hydrogen (secondary N) is 1. The number of amides is 1. The van der Waals surface area contributed by atoms with E-state index < -0.39 is 5.54 Å². The Bertz CT molecular complexity index is 259. The molecule has 0 aromatic carbocycles. The average Bonchev–Trinajstić information content (AvgIpc) is 2.27. The van der Waals surface area contributed by atoms with Gasteiger partial charge in [-0.15, -0.1) is 12.4 Å². The molecule has 1 amide bonds. The first-order valence-corrected chi connectivity index (χ1v) is 6.72. The Balaban J connectivity index is 0.00000289. The number of carbonyl (C=O) groups excluding carboxylic acids is 1. The van der Waals surface area contributed by atoms with Crippen molar-refractivity contribution in [3.63, 3.8) is 0 Å². The van der Waals surface area contributed by atoms with E-state index in [2.05, 4.69) is 5.32 Å². The zero-order chi connectivity index (χ0) is 12.9. The van der Waals surface area contributed by atoms with E-state index in [1.165, 1.54) is 0 Å². The lowest BCUT2D eigenvalue weighted by atomic mass is 9.86. The highest BCUT2D eigenvalue weighted by Gasteiger charge is 2.29. The molecule has 0 aromatic heterocycles. The summed E-state index contributed by atoms with van der Waals surface area (Å²) in [5.74, 6) is 0.0993. The van der Waals surface area contributed by atoms with Crippen molar-refractivity contribution in [1.82, 2.24) is 5.32 Å². The van der Waals surface area contributed by atoms with Crippen LogP contribution in [0.2, 0.25) is 0 Å². The second kappa shape index (κ2) is 7.97. The smallest absolute Gasteiger partial charge is 0.239 e. The molecule has 1 aliphatic rings. The summed E-state index contributed by atoms with van der Waals surface area (Å²) in [7, 11) is 0. The molecule has 0 spiro atoms. The van der Waals surface area contributed by atoms with Crippen LogP contribution in [0.4, 0.5) is 0 Å². The molecule has 0 heterocycles. The van der Waals surface area contributed by atoms with Gasteiger partial charge in [-0.3, -0.25) is 4.79 Å². The number of aliphatic hydroxyl groups is 1. The van der Waals surface area contributed by atoms with E-state index in [0.29, 0.717) is 13.0 Å². The molecular formula is C13H27ClN2O2. The molecule has 1 fully saturated rings. The second-order valence-corrected chi connectivity index (χ2v) is 5.49. The van der Waals surface area contributed by atoms with Crippen molar-refractivity contribution in [3.8, 4) is 0 Å². The van der Waals surface area contributed by atoms with Crippen LogP contribution < -0.4 is 11.1 Å². The third-order valence-electron chi connectivity index (χ3n) is 3.68. The summed E-state index contributed by atoms with van der Waals surface area (Å²) in [4.78, 5) is 11.9. The van der Waals surface area contributed by atoms with Gasteiger partial charge < -0.3 is 16.2 Å². The Labute approximate surface area is 116 Å². The maximum absolute atomic E-state index is 11.9. The zero-order valence-electron chi connectivity index (χ0n) is 11.4. The van der Waals surface area contributed by atoms with E-state index in [-0.39, 0.29) is 30.3 Å². The van der Waals surface area contributed by atoms with Gasteiger partial charge in [-0.2, -0.15) is 0 Å². The van der Waals surface area contributed by atoms with E-state index in [1.807, 2.05) is 6.92 Å². The summed E-state index contributed by atoms with van der Waals surface area (Å²) in [6.45, 7) is 4.34. The van der Waals surface area contributed by atoms with Crippen molar-refractivity contribution < 1.29 is 9.90 Å². The Morgan fingerprint density at radius 3 is 2.61 bits per heavy atom. The van der Waals surface area contributed by atoms with Crippen molar-refractivity contribution in [2.45, 2.75) is 64.0 Å². The number of hydrogen-bond donors (Lipinski definition) is 3. The third kappa shape index (κ3) is 5.12. The molecule has 0 radical (unpaired) electrons. The van der Waals surface area contributed by atoms with Crippen LogP contribution >= 0.6 is 12.4 Å². The van der Waals surface area contributed by atoms with Crippen LogP contribution in [-0.4, -0.2) is 29.2 Å². The first kappa shape index (κ1) is 17.7. The molecule has 1 saturated carbocycles. The van der Waals surface area contributed by atoms with Crippen LogP contribution in [0.1, 0.15) is 52.4 Å². The standard InChI is InChI=1S/C13H26N2O2.ClH/c1-3-8-13(2,14)12(17)15-9-10-6-4-5-7-11(10)16;/h10-11,16H,3-9,14H2,1-2H3,(H,15,17);1H. The molecule has 0 bridgehead atoms. The van der Waals surface area contributed by atoms with Crippen molar-refractivity contribution in [2.24, 2.45) is 11.7 Å². The Morgan fingerprint density at radius 2 is 2.06 bits per heavy atom. The van der Waals surface area contributed by atoms with Crippen molar-refractivity contribution in [1.29, 1.82) is 0 Å². The highest BCUT2D eigenvalue weighted by molar-refractivity contribution is 5.85. The topological polar surface area (TPSA) is 75.4 Å². The van der Waals surface area contributed by atoms with Crippen LogP contribution in [0.3, 0.4) is 0 Å². The van der Waals surface area contributed by atoms with E-state index in [0.717, 1.165) is 32.1 Å². The monoisotopic (exact) mass is 278 g/mol. The number of hydrogen-bond acceptors (Lipinski definition) is 3. The molecule has 0 aliphatic heterocycles. The van der Waals surface area contributed by atoms with Crippen LogP contribution in [0.25, 0.3) is 0 Å². The lowest BCUT2D eigenvalue weighted by Crippen LogP contribution is -2.53. The molecule has 0 saturated heterocycles. The molecule has 3 unspecified atom stereocenters. The molecule has 0 aromatic rings. The summed E-state index contributed by atoms with van der Waals surface area (Å²) >= 11 is 0. The molecule has 3 atom stereocenters. The largest absolute Gasteiger partial charge is 0.393 e. The lowest BCUT2D eigenvalue weighted by Gasteiger charge is -2.29. The molecular weight excluding hydrogens is 252 g/mol. The van der Waals surface area contributed by atoms with Gasteiger partial charge in [0.1, 0.15) is 0 Å². The maximum Gasteiger partial charge on any atom is 0.239 e. The highest BCUT2D eigenvalue weighted by atomic mass is 35.5. The van der Waals surface area contributed by atoms with Gasteiger partial charge in [0.2, 0.25) is 5.91 Å². The summed E-state index contributed by atoms with van der Waals surface area (Å²) in [5, 5.41) is 12.7. The van der Waals surface area contributed by atoms with Crippen LogP contribution in [0.5, 0.6) is 0 Å². The van der Waals surface area contributed by atoms with Crippen LogP contribution in [-0.2, 0) is 4.79 Å². The number of rotatable bonds is 5. The molecule has 18 heavy (non-hydrogen) atoms. The van der Waals surface area contributed by atoms with E-state index in [1.54, 1.807) is 6.92 Å². The van der Waals surface area contributed by atoms with Gasteiger partial charge >= 0.3 is 0 Å². The van der Waals surface area contributed by atoms with Crippen LogP contribution in [0, 0.1) is 5.92 Å². The van der Waals surface area contributed by atoms with E-state index >= 15 is 0 Å². The second-order valence-electron chi connectivity index (χ2n) is 5.49. The van der Waals surface area contributed by atoms with Gasteiger partial charge in [-0.1, -0.05) is 26.2 Å². The molecule has 1 aliphatic carbocycles. The fraction of sp³-hybridized carbons (Fsp3) is 0.923. The molecule has 1 rings (SSSR count). The third-order valence-corrected chi connectivity index (χ3v) is 3.68. The van der Waals surface area contributed by atoms with Crippen LogP contribution in [0.15, 0.2) is 0 Å². The zero-order valence-corrected chi connectivity index (χ0v) is 12.3. The molecule has 5 heteroatoms.